The van der Waals surface area contributed by atoms with E-state index in [1.165, 1.54) is 12.1 Å². The van der Waals surface area contributed by atoms with Gasteiger partial charge in [-0.15, -0.1) is 0 Å². The summed E-state index contributed by atoms with van der Waals surface area (Å²) in [6, 6.07) is 6.69. The molecule has 0 saturated heterocycles. The molecular weight excluding hydrogens is 282 g/mol. The van der Waals surface area contributed by atoms with Crippen LogP contribution in [0.2, 0.25) is 0 Å². The molecule has 2 rings (SSSR count). The second-order valence-corrected chi connectivity index (χ2v) is 5.44. The van der Waals surface area contributed by atoms with Crippen molar-refractivity contribution in [1.82, 2.24) is 9.47 Å². The van der Waals surface area contributed by atoms with Crippen molar-refractivity contribution >= 4 is 28.7 Å². The number of nitro benzene ring substituents is 1. The summed E-state index contributed by atoms with van der Waals surface area (Å²) in [5.41, 5.74) is 1.07. The maximum atomic E-state index is 11.0. The number of nitriles is 1. The number of rotatable bonds is 4. The average Bonchev–Trinajstić information content (AvgIpc) is 2.77. The molecular formula is C15H17N5O2. The molecule has 114 valence electrons. The summed E-state index contributed by atoms with van der Waals surface area (Å²) in [5, 5.41) is 21.1. The lowest BCUT2D eigenvalue weighted by molar-refractivity contribution is -0.384. The Labute approximate surface area is 128 Å². The predicted molar refractivity (Wildman–Crippen MR) is 85.5 cm³/mol. The summed E-state index contributed by atoms with van der Waals surface area (Å²) in [6.45, 7) is 3.90. The zero-order valence-electron chi connectivity index (χ0n) is 12.9. The summed E-state index contributed by atoms with van der Waals surface area (Å²) in [4.78, 5) is 16.7. The Morgan fingerprint density at radius 3 is 2.64 bits per heavy atom. The van der Waals surface area contributed by atoms with Crippen molar-refractivity contribution in [3.63, 3.8) is 0 Å². The molecule has 0 radical (unpaired) electrons. The molecule has 0 fully saturated rings. The van der Waals surface area contributed by atoms with Crippen molar-refractivity contribution in [2.45, 2.75) is 19.9 Å². The SMILES string of the molecule is CC(C)n1c(/N=C/N(C)C)c(C#N)c2ccc([N+](=O)[O-])cc21. The maximum absolute atomic E-state index is 11.0. The zero-order chi connectivity index (χ0) is 16.4. The van der Waals surface area contributed by atoms with Gasteiger partial charge < -0.3 is 9.47 Å². The fourth-order valence-corrected chi connectivity index (χ4v) is 2.33. The van der Waals surface area contributed by atoms with E-state index in [0.717, 1.165) is 0 Å². The van der Waals surface area contributed by atoms with Crippen molar-refractivity contribution in [3.05, 3.63) is 33.9 Å². The van der Waals surface area contributed by atoms with Crippen LogP contribution in [0.15, 0.2) is 23.2 Å². The maximum Gasteiger partial charge on any atom is 0.271 e. The van der Waals surface area contributed by atoms with Crippen LogP contribution >= 0.6 is 0 Å². The molecule has 1 aromatic carbocycles. The van der Waals surface area contributed by atoms with Gasteiger partial charge in [0.1, 0.15) is 11.6 Å². The lowest BCUT2D eigenvalue weighted by Gasteiger charge is -2.12. The van der Waals surface area contributed by atoms with E-state index < -0.39 is 4.92 Å². The summed E-state index contributed by atoms with van der Waals surface area (Å²) >= 11 is 0. The van der Waals surface area contributed by atoms with Gasteiger partial charge in [-0.1, -0.05) is 0 Å². The van der Waals surface area contributed by atoms with E-state index in [-0.39, 0.29) is 11.7 Å². The van der Waals surface area contributed by atoms with Crippen LogP contribution in [0.25, 0.3) is 10.9 Å². The van der Waals surface area contributed by atoms with E-state index in [9.17, 15) is 15.4 Å². The Hall–Kier alpha value is -2.88. The lowest BCUT2D eigenvalue weighted by Crippen LogP contribution is -2.08. The molecule has 0 bridgehead atoms. The highest BCUT2D eigenvalue weighted by atomic mass is 16.6. The molecule has 0 saturated carbocycles. The molecule has 0 aliphatic rings. The van der Waals surface area contributed by atoms with Crippen LogP contribution in [-0.2, 0) is 0 Å². The lowest BCUT2D eigenvalue weighted by atomic mass is 10.1. The van der Waals surface area contributed by atoms with Gasteiger partial charge in [0.2, 0.25) is 0 Å². The Morgan fingerprint density at radius 1 is 1.45 bits per heavy atom. The van der Waals surface area contributed by atoms with Crippen LogP contribution in [-0.4, -0.2) is 34.8 Å². The van der Waals surface area contributed by atoms with Crippen molar-refractivity contribution in [2.75, 3.05) is 14.1 Å². The van der Waals surface area contributed by atoms with E-state index in [4.69, 9.17) is 0 Å². The van der Waals surface area contributed by atoms with Gasteiger partial charge >= 0.3 is 0 Å². The highest BCUT2D eigenvalue weighted by Crippen LogP contribution is 2.36. The first-order chi connectivity index (χ1) is 10.4. The van der Waals surface area contributed by atoms with E-state index in [2.05, 4.69) is 11.1 Å². The molecule has 0 aliphatic heterocycles. The van der Waals surface area contributed by atoms with Gasteiger partial charge in [0.05, 0.1) is 16.8 Å². The molecule has 0 unspecified atom stereocenters. The van der Waals surface area contributed by atoms with E-state index >= 15 is 0 Å². The van der Waals surface area contributed by atoms with Crippen LogP contribution in [0.4, 0.5) is 11.5 Å². The van der Waals surface area contributed by atoms with E-state index in [0.29, 0.717) is 22.3 Å². The first kappa shape index (κ1) is 15.5. The number of non-ortho nitro benzene ring substituents is 1. The van der Waals surface area contributed by atoms with Crippen LogP contribution in [0.1, 0.15) is 25.5 Å². The number of aliphatic imine (C=N–C) groups is 1. The van der Waals surface area contributed by atoms with Gasteiger partial charge in [-0.3, -0.25) is 10.1 Å². The van der Waals surface area contributed by atoms with Crippen molar-refractivity contribution in [3.8, 4) is 6.07 Å². The summed E-state index contributed by atoms with van der Waals surface area (Å²) < 4.78 is 1.85. The van der Waals surface area contributed by atoms with Crippen molar-refractivity contribution in [2.24, 2.45) is 4.99 Å². The van der Waals surface area contributed by atoms with Crippen molar-refractivity contribution in [1.29, 1.82) is 5.26 Å². The van der Waals surface area contributed by atoms with Gasteiger partial charge in [0.25, 0.3) is 5.69 Å². The van der Waals surface area contributed by atoms with Crippen molar-refractivity contribution < 1.29 is 4.92 Å². The molecule has 0 aliphatic carbocycles. The molecule has 1 aromatic heterocycles. The molecule has 2 aromatic rings. The third-order valence-corrected chi connectivity index (χ3v) is 3.21. The normalized spacial score (nSPS) is 11.3. The third-order valence-electron chi connectivity index (χ3n) is 3.21. The highest BCUT2D eigenvalue weighted by molar-refractivity contribution is 5.94. The first-order valence-corrected chi connectivity index (χ1v) is 6.79. The smallest absolute Gasteiger partial charge is 0.271 e. The summed E-state index contributed by atoms with van der Waals surface area (Å²) in [7, 11) is 3.67. The van der Waals surface area contributed by atoms with Crippen LogP contribution in [0.5, 0.6) is 0 Å². The van der Waals surface area contributed by atoms with Gasteiger partial charge in [-0.25, -0.2) is 4.99 Å². The molecule has 0 N–H and O–H groups in total. The zero-order valence-corrected chi connectivity index (χ0v) is 12.9. The molecule has 22 heavy (non-hydrogen) atoms. The number of hydrogen-bond acceptors (Lipinski definition) is 4. The summed E-state index contributed by atoms with van der Waals surface area (Å²) in [6.07, 6.45) is 1.61. The Kier molecular flexibility index (Phi) is 4.13. The number of nitrogens with zero attached hydrogens (tertiary/aromatic N) is 5. The number of aromatic nitrogens is 1. The van der Waals surface area contributed by atoms with Gasteiger partial charge in [0.15, 0.2) is 5.82 Å². The number of fused-ring (bicyclic) bond motifs is 1. The fourth-order valence-electron chi connectivity index (χ4n) is 2.33. The minimum Gasteiger partial charge on any atom is -0.369 e. The predicted octanol–water partition coefficient (Wildman–Crippen LogP) is 3.22. The summed E-state index contributed by atoms with van der Waals surface area (Å²) in [5.74, 6) is 0.515. The topological polar surface area (TPSA) is 87.5 Å². The highest BCUT2D eigenvalue weighted by Gasteiger charge is 2.20. The second-order valence-electron chi connectivity index (χ2n) is 5.44. The quantitative estimate of drug-likeness (QED) is 0.375. The fraction of sp³-hybridized carbons (Fsp3) is 0.333. The molecule has 0 amide bonds. The minimum atomic E-state index is -0.439. The average molecular weight is 299 g/mol. The molecule has 0 atom stereocenters. The molecule has 0 spiro atoms. The van der Waals surface area contributed by atoms with Crippen LogP contribution in [0.3, 0.4) is 0 Å². The van der Waals surface area contributed by atoms with E-state index in [1.807, 2.05) is 32.5 Å². The number of hydrogen-bond donors (Lipinski definition) is 0. The monoisotopic (exact) mass is 299 g/mol. The molecule has 7 nitrogen and oxygen atoms in total. The van der Waals surface area contributed by atoms with Crippen LogP contribution in [0, 0.1) is 21.4 Å². The minimum absolute atomic E-state index is 0.000436. The Bertz CT molecular complexity index is 796. The second kappa shape index (κ2) is 5.85. The van der Waals surface area contributed by atoms with Crippen LogP contribution < -0.4 is 0 Å². The van der Waals surface area contributed by atoms with E-state index in [1.54, 1.807) is 17.3 Å². The molecule has 1 heterocycles. The number of nitro groups is 1. The third kappa shape index (κ3) is 2.63. The largest absolute Gasteiger partial charge is 0.369 e. The Morgan fingerprint density at radius 2 is 2.14 bits per heavy atom. The number of benzene rings is 1. The molecule has 7 heteroatoms. The van der Waals surface area contributed by atoms with Gasteiger partial charge in [0, 0.05) is 37.7 Å². The van der Waals surface area contributed by atoms with Gasteiger partial charge in [-0.05, 0) is 19.9 Å². The van der Waals surface area contributed by atoms with Gasteiger partial charge in [-0.2, -0.15) is 5.26 Å². The Balaban J connectivity index is 2.85. The first-order valence-electron chi connectivity index (χ1n) is 6.79. The standard InChI is InChI=1S/C15H17N5O2/c1-10(2)19-14-7-11(20(21)22)5-6-12(14)13(8-16)15(19)17-9-18(3)4/h5-7,9-10H,1-4H3/b17-9+.